The van der Waals surface area contributed by atoms with Crippen molar-refractivity contribution in [3.05, 3.63) is 46.8 Å². The number of rotatable bonds is 4. The Kier molecular flexibility index (Phi) is 4.46. The SMILES string of the molecule is COC(=O)Nc1cccc(NCc2occc2Br)c1. The molecule has 100 valence electrons. The van der Waals surface area contributed by atoms with Crippen LogP contribution in [0, 0.1) is 0 Å². The number of nitrogens with one attached hydrogen (secondary N) is 2. The first-order valence-electron chi connectivity index (χ1n) is 5.60. The van der Waals surface area contributed by atoms with Crippen molar-refractivity contribution in [1.82, 2.24) is 0 Å². The summed E-state index contributed by atoms with van der Waals surface area (Å²) in [5, 5.41) is 5.81. The van der Waals surface area contributed by atoms with E-state index in [0.717, 1.165) is 15.9 Å². The maximum absolute atomic E-state index is 11.1. The molecule has 1 aromatic heterocycles. The van der Waals surface area contributed by atoms with Crippen molar-refractivity contribution < 1.29 is 13.9 Å². The van der Waals surface area contributed by atoms with Crippen LogP contribution in [-0.4, -0.2) is 13.2 Å². The Balaban J connectivity index is 1.99. The summed E-state index contributed by atoms with van der Waals surface area (Å²) in [6.07, 6.45) is 1.13. The van der Waals surface area contributed by atoms with E-state index in [9.17, 15) is 4.79 Å². The van der Waals surface area contributed by atoms with Gasteiger partial charge in [-0.1, -0.05) is 6.07 Å². The fourth-order valence-corrected chi connectivity index (χ4v) is 1.85. The molecule has 2 rings (SSSR count). The normalized spacial score (nSPS) is 10.0. The fourth-order valence-electron chi connectivity index (χ4n) is 1.51. The van der Waals surface area contributed by atoms with E-state index >= 15 is 0 Å². The number of methoxy groups -OCH3 is 1. The van der Waals surface area contributed by atoms with Crippen LogP contribution < -0.4 is 10.6 Å². The van der Waals surface area contributed by atoms with Gasteiger partial charge in [-0.25, -0.2) is 4.79 Å². The van der Waals surface area contributed by atoms with Gasteiger partial charge in [0.2, 0.25) is 0 Å². The second-order valence-corrected chi connectivity index (χ2v) is 4.60. The van der Waals surface area contributed by atoms with Crippen molar-refractivity contribution in [2.24, 2.45) is 0 Å². The lowest BCUT2D eigenvalue weighted by Gasteiger charge is -2.08. The van der Waals surface area contributed by atoms with Gasteiger partial charge in [0.25, 0.3) is 0 Å². The molecule has 19 heavy (non-hydrogen) atoms. The molecule has 1 aromatic carbocycles. The number of hydrogen-bond donors (Lipinski definition) is 2. The first-order valence-corrected chi connectivity index (χ1v) is 6.39. The van der Waals surface area contributed by atoms with Gasteiger partial charge in [-0.2, -0.15) is 0 Å². The molecule has 5 nitrogen and oxygen atoms in total. The molecule has 0 fully saturated rings. The number of amides is 1. The average Bonchev–Trinajstić information content (AvgIpc) is 2.82. The van der Waals surface area contributed by atoms with Crippen LogP contribution in [0.15, 0.2) is 45.5 Å². The van der Waals surface area contributed by atoms with Gasteiger partial charge in [0, 0.05) is 11.4 Å². The zero-order valence-electron chi connectivity index (χ0n) is 10.3. The number of anilines is 2. The quantitative estimate of drug-likeness (QED) is 0.897. The Morgan fingerprint density at radius 3 is 2.84 bits per heavy atom. The summed E-state index contributed by atoms with van der Waals surface area (Å²) in [5.41, 5.74) is 1.53. The van der Waals surface area contributed by atoms with Crippen LogP contribution in [0.3, 0.4) is 0 Å². The lowest BCUT2D eigenvalue weighted by Crippen LogP contribution is -2.11. The molecular formula is C13H13BrN2O3. The number of benzene rings is 1. The molecule has 6 heteroatoms. The number of furan rings is 1. The summed E-state index contributed by atoms with van der Waals surface area (Å²) in [5.74, 6) is 0.811. The second-order valence-electron chi connectivity index (χ2n) is 3.74. The van der Waals surface area contributed by atoms with Crippen LogP contribution in [-0.2, 0) is 11.3 Å². The molecular weight excluding hydrogens is 312 g/mol. The van der Waals surface area contributed by atoms with Crippen LogP contribution in [0.2, 0.25) is 0 Å². The zero-order valence-corrected chi connectivity index (χ0v) is 11.9. The summed E-state index contributed by atoms with van der Waals surface area (Å²) in [4.78, 5) is 11.1. The van der Waals surface area contributed by atoms with Crippen LogP contribution in [0.4, 0.5) is 16.2 Å². The Bertz CT molecular complexity index is 569. The van der Waals surface area contributed by atoms with E-state index in [4.69, 9.17) is 4.42 Å². The Morgan fingerprint density at radius 2 is 2.16 bits per heavy atom. The predicted molar refractivity (Wildman–Crippen MR) is 76.2 cm³/mol. The predicted octanol–water partition coefficient (Wildman–Crippen LogP) is 3.83. The van der Waals surface area contributed by atoms with Gasteiger partial charge in [0.1, 0.15) is 5.76 Å². The number of hydrogen-bond acceptors (Lipinski definition) is 4. The first kappa shape index (κ1) is 13.5. The summed E-state index contributed by atoms with van der Waals surface area (Å²) in [6.45, 7) is 0.551. The van der Waals surface area contributed by atoms with Gasteiger partial charge in [-0.3, -0.25) is 5.32 Å². The van der Waals surface area contributed by atoms with Crippen LogP contribution in [0.1, 0.15) is 5.76 Å². The zero-order chi connectivity index (χ0) is 13.7. The molecule has 2 aromatic rings. The third-order valence-corrected chi connectivity index (χ3v) is 3.15. The summed E-state index contributed by atoms with van der Waals surface area (Å²) in [6, 6.07) is 9.18. The second kappa shape index (κ2) is 6.29. The minimum atomic E-state index is -0.495. The lowest BCUT2D eigenvalue weighted by atomic mass is 10.2. The van der Waals surface area contributed by atoms with Crippen molar-refractivity contribution in [1.29, 1.82) is 0 Å². The largest absolute Gasteiger partial charge is 0.466 e. The smallest absolute Gasteiger partial charge is 0.411 e. The molecule has 0 aliphatic heterocycles. The van der Waals surface area contributed by atoms with E-state index in [1.165, 1.54) is 7.11 Å². The highest BCUT2D eigenvalue weighted by Gasteiger charge is 2.04. The highest BCUT2D eigenvalue weighted by atomic mass is 79.9. The van der Waals surface area contributed by atoms with Gasteiger partial charge < -0.3 is 14.5 Å². The lowest BCUT2D eigenvalue weighted by molar-refractivity contribution is 0.187. The molecule has 0 atom stereocenters. The number of carbonyl (C=O) groups is 1. The molecule has 0 bridgehead atoms. The van der Waals surface area contributed by atoms with Crippen molar-refractivity contribution in [3.63, 3.8) is 0 Å². The summed E-state index contributed by atoms with van der Waals surface area (Å²) in [7, 11) is 1.33. The molecule has 0 saturated heterocycles. The maximum atomic E-state index is 11.1. The van der Waals surface area contributed by atoms with Gasteiger partial charge in [-0.15, -0.1) is 0 Å². The van der Waals surface area contributed by atoms with Gasteiger partial charge in [-0.05, 0) is 40.2 Å². The molecule has 0 saturated carbocycles. The molecule has 0 unspecified atom stereocenters. The molecule has 1 heterocycles. The summed E-state index contributed by atoms with van der Waals surface area (Å²) < 4.78 is 10.8. The van der Waals surface area contributed by atoms with Gasteiger partial charge in [0.15, 0.2) is 0 Å². The molecule has 0 aliphatic carbocycles. The van der Waals surface area contributed by atoms with Crippen LogP contribution in [0.5, 0.6) is 0 Å². The maximum Gasteiger partial charge on any atom is 0.411 e. The molecule has 1 amide bonds. The van der Waals surface area contributed by atoms with Crippen molar-refractivity contribution in [2.45, 2.75) is 6.54 Å². The van der Waals surface area contributed by atoms with E-state index < -0.39 is 6.09 Å². The standard InChI is InChI=1S/C13H13BrN2O3/c1-18-13(17)16-10-4-2-3-9(7-10)15-8-12-11(14)5-6-19-12/h2-7,15H,8H2,1H3,(H,16,17). The van der Waals surface area contributed by atoms with Crippen molar-refractivity contribution >= 4 is 33.4 Å². The minimum absolute atomic E-state index is 0.495. The number of ether oxygens (including phenoxy) is 1. The first-order chi connectivity index (χ1) is 9.19. The van der Waals surface area contributed by atoms with E-state index in [1.54, 1.807) is 12.3 Å². The van der Waals surface area contributed by atoms with Gasteiger partial charge >= 0.3 is 6.09 Å². The number of carbonyl (C=O) groups excluding carboxylic acids is 1. The van der Waals surface area contributed by atoms with Gasteiger partial charge in [0.05, 0.1) is 24.4 Å². The Morgan fingerprint density at radius 1 is 1.37 bits per heavy atom. The van der Waals surface area contributed by atoms with E-state index in [0.29, 0.717) is 12.2 Å². The van der Waals surface area contributed by atoms with E-state index in [1.807, 2.05) is 24.3 Å². The average molecular weight is 325 g/mol. The Labute approximate surface area is 119 Å². The van der Waals surface area contributed by atoms with E-state index in [-0.39, 0.29) is 0 Å². The summed E-state index contributed by atoms with van der Waals surface area (Å²) >= 11 is 3.39. The molecule has 0 radical (unpaired) electrons. The topological polar surface area (TPSA) is 63.5 Å². The molecule has 2 N–H and O–H groups in total. The van der Waals surface area contributed by atoms with Crippen LogP contribution in [0.25, 0.3) is 0 Å². The van der Waals surface area contributed by atoms with Crippen LogP contribution >= 0.6 is 15.9 Å². The Hall–Kier alpha value is -1.95. The third-order valence-electron chi connectivity index (χ3n) is 2.44. The molecule has 0 spiro atoms. The van der Waals surface area contributed by atoms with Crippen molar-refractivity contribution in [2.75, 3.05) is 17.7 Å². The number of halogens is 1. The van der Waals surface area contributed by atoms with E-state index in [2.05, 4.69) is 31.3 Å². The highest BCUT2D eigenvalue weighted by molar-refractivity contribution is 9.10. The highest BCUT2D eigenvalue weighted by Crippen LogP contribution is 2.20. The van der Waals surface area contributed by atoms with Crippen molar-refractivity contribution in [3.8, 4) is 0 Å². The fraction of sp³-hybridized carbons (Fsp3) is 0.154. The third kappa shape index (κ3) is 3.75. The molecule has 0 aliphatic rings. The minimum Gasteiger partial charge on any atom is -0.466 e. The monoisotopic (exact) mass is 324 g/mol.